The Bertz CT molecular complexity index is 500. The highest BCUT2D eigenvalue weighted by atomic mass is 35.5. The normalized spacial score (nSPS) is 10.4. The van der Waals surface area contributed by atoms with Gasteiger partial charge in [0.2, 0.25) is 5.89 Å². The first kappa shape index (κ1) is 9.71. The van der Waals surface area contributed by atoms with E-state index in [1.807, 2.05) is 0 Å². The minimum Gasteiger partial charge on any atom is -0.409 e. The van der Waals surface area contributed by atoms with Gasteiger partial charge in [0, 0.05) is 15.6 Å². The maximum Gasteiger partial charge on any atom is 0.284 e. The zero-order valence-electron chi connectivity index (χ0n) is 6.75. The van der Waals surface area contributed by atoms with Gasteiger partial charge in [-0.2, -0.15) is 0 Å². The summed E-state index contributed by atoms with van der Waals surface area (Å²) in [6.45, 7) is 0. The summed E-state index contributed by atoms with van der Waals surface area (Å²) in [6.07, 6.45) is 0. The lowest BCUT2D eigenvalue weighted by Crippen LogP contribution is -1.78. The summed E-state index contributed by atoms with van der Waals surface area (Å²) in [5, 5.41) is 7.42. The molecular weight excluding hydrogens is 243 g/mol. The molecule has 0 radical (unpaired) electrons. The van der Waals surface area contributed by atoms with Crippen LogP contribution in [0, 0.1) is 4.84 Å². The molecule has 14 heavy (non-hydrogen) atoms. The van der Waals surface area contributed by atoms with Crippen LogP contribution in [0.1, 0.15) is 0 Å². The molecule has 2 aromatic rings. The maximum atomic E-state index is 5.82. The van der Waals surface area contributed by atoms with Crippen LogP contribution in [-0.2, 0) is 0 Å². The van der Waals surface area contributed by atoms with Crippen molar-refractivity contribution in [3.63, 3.8) is 0 Å². The molecule has 0 saturated carbocycles. The molecule has 1 heterocycles. The van der Waals surface area contributed by atoms with Crippen LogP contribution < -0.4 is 0 Å². The standard InChI is InChI=1S/C8H4Cl2N2OS/c9-5-1-4(2-6(10)3-5)7-11-12-8(14)13-7/h1-3H,(H,12,14). The molecule has 3 nitrogen and oxygen atoms in total. The monoisotopic (exact) mass is 246 g/mol. The van der Waals surface area contributed by atoms with Crippen molar-refractivity contribution in [1.82, 2.24) is 10.2 Å². The molecule has 6 heteroatoms. The van der Waals surface area contributed by atoms with Crippen molar-refractivity contribution in [1.29, 1.82) is 0 Å². The number of benzene rings is 1. The molecule has 1 aromatic heterocycles. The molecule has 0 amide bonds. The van der Waals surface area contributed by atoms with Gasteiger partial charge in [-0.1, -0.05) is 23.2 Å². The molecule has 0 spiro atoms. The highest BCUT2D eigenvalue weighted by Crippen LogP contribution is 2.25. The van der Waals surface area contributed by atoms with Crippen LogP contribution in [0.2, 0.25) is 10.0 Å². The smallest absolute Gasteiger partial charge is 0.284 e. The Balaban J connectivity index is 2.56. The quantitative estimate of drug-likeness (QED) is 0.781. The maximum absolute atomic E-state index is 5.82. The number of aromatic amines is 1. The van der Waals surface area contributed by atoms with E-state index < -0.39 is 0 Å². The summed E-state index contributed by atoms with van der Waals surface area (Å²) >= 11 is 16.4. The third-order valence-electron chi connectivity index (χ3n) is 1.55. The molecule has 0 atom stereocenters. The number of H-pyrrole nitrogens is 1. The molecule has 0 bridgehead atoms. The van der Waals surface area contributed by atoms with Crippen LogP contribution in [0.15, 0.2) is 22.6 Å². The topological polar surface area (TPSA) is 41.8 Å². The van der Waals surface area contributed by atoms with Gasteiger partial charge < -0.3 is 4.42 Å². The third-order valence-corrected chi connectivity index (χ3v) is 2.16. The Kier molecular flexibility index (Phi) is 2.58. The summed E-state index contributed by atoms with van der Waals surface area (Å²) < 4.78 is 5.11. The largest absolute Gasteiger partial charge is 0.409 e. The van der Waals surface area contributed by atoms with Crippen molar-refractivity contribution in [2.75, 3.05) is 0 Å². The predicted molar refractivity (Wildman–Crippen MR) is 57.1 cm³/mol. The summed E-state index contributed by atoms with van der Waals surface area (Å²) in [5.74, 6) is 0.374. The number of hydrogen-bond donors (Lipinski definition) is 1. The molecular formula is C8H4Cl2N2OS. The van der Waals surface area contributed by atoms with Crippen molar-refractivity contribution in [3.05, 3.63) is 33.1 Å². The molecule has 72 valence electrons. The van der Waals surface area contributed by atoms with Gasteiger partial charge in [-0.15, -0.1) is 5.10 Å². The second kappa shape index (κ2) is 3.73. The Morgan fingerprint density at radius 2 is 1.86 bits per heavy atom. The van der Waals surface area contributed by atoms with E-state index in [1.165, 1.54) is 0 Å². The fraction of sp³-hybridized carbons (Fsp3) is 0. The molecule has 0 aliphatic rings. The second-order valence-electron chi connectivity index (χ2n) is 2.58. The van der Waals surface area contributed by atoms with Gasteiger partial charge >= 0.3 is 0 Å². The summed E-state index contributed by atoms with van der Waals surface area (Å²) in [5.41, 5.74) is 0.690. The molecule has 0 aliphatic carbocycles. The predicted octanol–water partition coefficient (Wildman–Crippen LogP) is 3.71. The molecule has 2 rings (SSSR count). The Hall–Kier alpha value is -0.840. The summed E-state index contributed by atoms with van der Waals surface area (Å²) in [4.78, 5) is 0.219. The average molecular weight is 247 g/mol. The van der Waals surface area contributed by atoms with Gasteiger partial charge in [-0.3, -0.25) is 0 Å². The highest BCUT2D eigenvalue weighted by Gasteiger charge is 2.05. The minimum atomic E-state index is 0.219. The Labute approximate surface area is 94.7 Å². The van der Waals surface area contributed by atoms with Crippen molar-refractivity contribution < 1.29 is 4.42 Å². The third kappa shape index (κ3) is 1.97. The Morgan fingerprint density at radius 1 is 1.21 bits per heavy atom. The number of nitrogens with one attached hydrogen (secondary N) is 1. The Morgan fingerprint density at radius 3 is 2.36 bits per heavy atom. The molecule has 0 aliphatic heterocycles. The van der Waals surface area contributed by atoms with Crippen LogP contribution in [0.25, 0.3) is 11.5 Å². The molecule has 1 aromatic carbocycles. The lowest BCUT2D eigenvalue weighted by Gasteiger charge is -1.96. The summed E-state index contributed by atoms with van der Waals surface area (Å²) in [7, 11) is 0. The van der Waals surface area contributed by atoms with Crippen molar-refractivity contribution in [3.8, 4) is 11.5 Å². The molecule has 0 unspecified atom stereocenters. The first-order valence-corrected chi connectivity index (χ1v) is 4.83. The van der Waals surface area contributed by atoms with Crippen molar-refractivity contribution >= 4 is 35.4 Å². The van der Waals surface area contributed by atoms with Gasteiger partial charge in [-0.05, 0) is 30.4 Å². The van der Waals surface area contributed by atoms with Crippen LogP contribution in [0.5, 0.6) is 0 Å². The van der Waals surface area contributed by atoms with E-state index in [4.69, 9.17) is 39.8 Å². The number of aromatic nitrogens is 2. The van der Waals surface area contributed by atoms with E-state index in [9.17, 15) is 0 Å². The minimum absolute atomic E-state index is 0.219. The average Bonchev–Trinajstić information content (AvgIpc) is 2.50. The molecule has 0 saturated heterocycles. The zero-order chi connectivity index (χ0) is 10.1. The number of nitrogens with zero attached hydrogens (tertiary/aromatic N) is 1. The van der Waals surface area contributed by atoms with Crippen molar-refractivity contribution in [2.24, 2.45) is 0 Å². The fourth-order valence-electron chi connectivity index (χ4n) is 1.03. The number of hydrogen-bond acceptors (Lipinski definition) is 3. The van der Waals surface area contributed by atoms with Crippen LogP contribution in [-0.4, -0.2) is 10.2 Å². The van der Waals surface area contributed by atoms with E-state index in [2.05, 4.69) is 10.2 Å². The van der Waals surface area contributed by atoms with Gasteiger partial charge in [0.1, 0.15) is 0 Å². The zero-order valence-corrected chi connectivity index (χ0v) is 9.08. The van der Waals surface area contributed by atoms with E-state index in [0.29, 0.717) is 21.5 Å². The number of rotatable bonds is 1. The lowest BCUT2D eigenvalue weighted by atomic mass is 10.2. The van der Waals surface area contributed by atoms with E-state index >= 15 is 0 Å². The van der Waals surface area contributed by atoms with E-state index in [-0.39, 0.29) is 4.84 Å². The van der Waals surface area contributed by atoms with Crippen LogP contribution in [0.4, 0.5) is 0 Å². The molecule has 0 fully saturated rings. The van der Waals surface area contributed by atoms with Gasteiger partial charge in [0.25, 0.3) is 4.84 Å². The summed E-state index contributed by atoms with van der Waals surface area (Å²) in [6, 6.07) is 5.03. The fourth-order valence-corrected chi connectivity index (χ4v) is 1.68. The van der Waals surface area contributed by atoms with Crippen LogP contribution in [0.3, 0.4) is 0 Å². The number of halogens is 2. The van der Waals surface area contributed by atoms with Crippen LogP contribution >= 0.6 is 35.4 Å². The first-order chi connectivity index (χ1) is 6.65. The molecule has 1 N–H and O–H groups in total. The highest BCUT2D eigenvalue weighted by molar-refractivity contribution is 7.71. The lowest BCUT2D eigenvalue weighted by molar-refractivity contribution is 0.552. The SMILES string of the molecule is S=c1[nH]nc(-c2cc(Cl)cc(Cl)c2)o1. The van der Waals surface area contributed by atoms with E-state index in [1.54, 1.807) is 18.2 Å². The second-order valence-corrected chi connectivity index (χ2v) is 3.82. The van der Waals surface area contributed by atoms with Crippen molar-refractivity contribution in [2.45, 2.75) is 0 Å². The van der Waals surface area contributed by atoms with E-state index in [0.717, 1.165) is 0 Å². The van der Waals surface area contributed by atoms with Gasteiger partial charge in [0.15, 0.2) is 0 Å². The van der Waals surface area contributed by atoms with Gasteiger partial charge in [0.05, 0.1) is 0 Å². The van der Waals surface area contributed by atoms with Gasteiger partial charge in [-0.25, -0.2) is 5.10 Å². The first-order valence-electron chi connectivity index (χ1n) is 3.67.